The Labute approximate surface area is 132 Å². The molecule has 0 unspecified atom stereocenters. The number of rotatable bonds is 5. The van der Waals surface area contributed by atoms with E-state index in [2.05, 4.69) is 27.9 Å². The molecule has 0 aliphatic rings. The SMILES string of the molecule is Cc1ccccc1CNC(=O)COc1ccc(I)cc1. The van der Waals surface area contributed by atoms with E-state index in [-0.39, 0.29) is 12.5 Å². The zero-order valence-corrected chi connectivity index (χ0v) is 13.4. The van der Waals surface area contributed by atoms with Crippen LogP contribution in [-0.2, 0) is 11.3 Å². The van der Waals surface area contributed by atoms with Crippen LogP contribution in [0.15, 0.2) is 48.5 Å². The van der Waals surface area contributed by atoms with Crippen molar-refractivity contribution in [2.24, 2.45) is 0 Å². The van der Waals surface area contributed by atoms with E-state index < -0.39 is 0 Å². The fourth-order valence-electron chi connectivity index (χ4n) is 1.73. The topological polar surface area (TPSA) is 38.3 Å². The molecule has 1 amide bonds. The van der Waals surface area contributed by atoms with E-state index in [0.717, 1.165) is 9.13 Å². The molecule has 0 saturated heterocycles. The number of carbonyl (C=O) groups excluding carboxylic acids is 1. The van der Waals surface area contributed by atoms with E-state index in [1.54, 1.807) is 0 Å². The molecule has 20 heavy (non-hydrogen) atoms. The summed E-state index contributed by atoms with van der Waals surface area (Å²) in [5.41, 5.74) is 2.29. The van der Waals surface area contributed by atoms with E-state index in [9.17, 15) is 4.79 Å². The molecule has 104 valence electrons. The summed E-state index contributed by atoms with van der Waals surface area (Å²) in [4.78, 5) is 11.7. The summed E-state index contributed by atoms with van der Waals surface area (Å²) in [6, 6.07) is 15.6. The van der Waals surface area contributed by atoms with Gasteiger partial charge in [0.1, 0.15) is 5.75 Å². The van der Waals surface area contributed by atoms with Gasteiger partial charge < -0.3 is 10.1 Å². The minimum Gasteiger partial charge on any atom is -0.484 e. The molecule has 0 aliphatic carbocycles. The van der Waals surface area contributed by atoms with E-state index in [1.165, 1.54) is 5.56 Å². The highest BCUT2D eigenvalue weighted by atomic mass is 127. The van der Waals surface area contributed by atoms with Crippen LogP contribution < -0.4 is 10.1 Å². The molecular formula is C16H16INO2. The molecule has 0 bridgehead atoms. The maximum absolute atomic E-state index is 11.7. The first kappa shape index (κ1) is 14.8. The highest BCUT2D eigenvalue weighted by molar-refractivity contribution is 14.1. The molecule has 2 rings (SSSR count). The van der Waals surface area contributed by atoms with Crippen molar-refractivity contribution in [2.75, 3.05) is 6.61 Å². The Hall–Kier alpha value is -1.56. The summed E-state index contributed by atoms with van der Waals surface area (Å²) >= 11 is 2.23. The predicted octanol–water partition coefficient (Wildman–Crippen LogP) is 3.29. The minimum absolute atomic E-state index is 0.0342. The zero-order valence-electron chi connectivity index (χ0n) is 11.2. The van der Waals surface area contributed by atoms with Crippen molar-refractivity contribution in [1.29, 1.82) is 0 Å². The molecule has 0 saturated carbocycles. The average molecular weight is 381 g/mol. The third kappa shape index (κ3) is 4.52. The molecule has 0 heterocycles. The number of carbonyl (C=O) groups is 1. The van der Waals surface area contributed by atoms with Crippen LogP contribution >= 0.6 is 22.6 Å². The monoisotopic (exact) mass is 381 g/mol. The number of hydrogen-bond acceptors (Lipinski definition) is 2. The Kier molecular flexibility index (Phi) is 5.40. The summed E-state index contributed by atoms with van der Waals surface area (Å²) in [6.07, 6.45) is 0. The first-order valence-electron chi connectivity index (χ1n) is 6.35. The Morgan fingerprint density at radius 1 is 1.15 bits per heavy atom. The molecule has 1 N–H and O–H groups in total. The first-order valence-corrected chi connectivity index (χ1v) is 7.42. The molecule has 0 atom stereocenters. The van der Waals surface area contributed by atoms with Crippen LogP contribution in [0.4, 0.5) is 0 Å². The smallest absolute Gasteiger partial charge is 0.258 e. The number of aryl methyl sites for hydroxylation is 1. The number of amides is 1. The van der Waals surface area contributed by atoms with Gasteiger partial charge in [0.2, 0.25) is 0 Å². The van der Waals surface area contributed by atoms with Crippen LogP contribution in [0.5, 0.6) is 5.75 Å². The molecule has 3 nitrogen and oxygen atoms in total. The molecule has 0 fully saturated rings. The fourth-order valence-corrected chi connectivity index (χ4v) is 2.09. The van der Waals surface area contributed by atoms with Gasteiger partial charge in [-0.3, -0.25) is 4.79 Å². The Morgan fingerprint density at radius 3 is 2.55 bits per heavy atom. The number of ether oxygens (including phenoxy) is 1. The molecule has 0 aromatic heterocycles. The second-order valence-electron chi connectivity index (χ2n) is 4.45. The van der Waals surface area contributed by atoms with Crippen molar-refractivity contribution >= 4 is 28.5 Å². The van der Waals surface area contributed by atoms with Gasteiger partial charge in [0.15, 0.2) is 6.61 Å². The summed E-state index contributed by atoms with van der Waals surface area (Å²) in [5, 5.41) is 2.86. The Morgan fingerprint density at radius 2 is 1.85 bits per heavy atom. The normalized spacial score (nSPS) is 10.1. The van der Waals surface area contributed by atoms with Crippen molar-refractivity contribution in [3.8, 4) is 5.75 Å². The van der Waals surface area contributed by atoms with Crippen LogP contribution in [0, 0.1) is 10.5 Å². The summed E-state index contributed by atoms with van der Waals surface area (Å²) in [5.74, 6) is 0.586. The second kappa shape index (κ2) is 7.28. The van der Waals surface area contributed by atoms with Gasteiger partial charge in [0, 0.05) is 10.1 Å². The van der Waals surface area contributed by atoms with Gasteiger partial charge in [-0.05, 0) is 64.9 Å². The number of nitrogens with one attached hydrogen (secondary N) is 1. The maximum Gasteiger partial charge on any atom is 0.258 e. The lowest BCUT2D eigenvalue weighted by Gasteiger charge is -2.09. The third-order valence-corrected chi connectivity index (χ3v) is 3.64. The second-order valence-corrected chi connectivity index (χ2v) is 5.69. The summed E-state index contributed by atoms with van der Waals surface area (Å²) in [7, 11) is 0. The van der Waals surface area contributed by atoms with Crippen LogP contribution in [0.25, 0.3) is 0 Å². The summed E-state index contributed by atoms with van der Waals surface area (Å²) < 4.78 is 6.56. The van der Waals surface area contributed by atoms with Crippen molar-refractivity contribution in [1.82, 2.24) is 5.32 Å². The zero-order chi connectivity index (χ0) is 14.4. The van der Waals surface area contributed by atoms with Gasteiger partial charge >= 0.3 is 0 Å². The maximum atomic E-state index is 11.7. The summed E-state index contributed by atoms with van der Waals surface area (Å²) in [6.45, 7) is 2.59. The average Bonchev–Trinajstić information content (AvgIpc) is 2.46. The lowest BCUT2D eigenvalue weighted by Crippen LogP contribution is -2.28. The quantitative estimate of drug-likeness (QED) is 0.808. The lowest BCUT2D eigenvalue weighted by atomic mass is 10.1. The first-order chi connectivity index (χ1) is 9.65. The van der Waals surface area contributed by atoms with Gasteiger partial charge in [0.25, 0.3) is 5.91 Å². The van der Waals surface area contributed by atoms with Gasteiger partial charge in [-0.2, -0.15) is 0 Å². The largest absolute Gasteiger partial charge is 0.484 e. The van der Waals surface area contributed by atoms with Crippen LogP contribution in [0.2, 0.25) is 0 Å². The standard InChI is InChI=1S/C16H16INO2/c1-12-4-2-3-5-13(12)10-18-16(19)11-20-15-8-6-14(17)7-9-15/h2-9H,10-11H2,1H3,(H,18,19). The van der Waals surface area contributed by atoms with Crippen molar-refractivity contribution in [3.63, 3.8) is 0 Å². The Bertz CT molecular complexity index is 581. The molecule has 4 heteroatoms. The molecule has 0 radical (unpaired) electrons. The molecule has 2 aromatic rings. The van der Waals surface area contributed by atoms with Gasteiger partial charge in [-0.1, -0.05) is 24.3 Å². The van der Waals surface area contributed by atoms with Crippen LogP contribution in [0.1, 0.15) is 11.1 Å². The van der Waals surface area contributed by atoms with Gasteiger partial charge in [0.05, 0.1) is 0 Å². The third-order valence-electron chi connectivity index (χ3n) is 2.92. The highest BCUT2D eigenvalue weighted by Gasteiger charge is 2.04. The van der Waals surface area contributed by atoms with Crippen molar-refractivity contribution < 1.29 is 9.53 Å². The van der Waals surface area contributed by atoms with Crippen molar-refractivity contribution in [3.05, 3.63) is 63.2 Å². The minimum atomic E-state index is -0.119. The lowest BCUT2D eigenvalue weighted by molar-refractivity contribution is -0.123. The van der Waals surface area contributed by atoms with Gasteiger partial charge in [-0.25, -0.2) is 0 Å². The highest BCUT2D eigenvalue weighted by Crippen LogP contribution is 2.13. The van der Waals surface area contributed by atoms with Gasteiger partial charge in [-0.15, -0.1) is 0 Å². The number of benzene rings is 2. The fraction of sp³-hybridized carbons (Fsp3) is 0.188. The number of hydrogen-bond donors (Lipinski definition) is 1. The molecular weight excluding hydrogens is 365 g/mol. The molecule has 0 spiro atoms. The molecule has 0 aliphatic heterocycles. The van der Waals surface area contributed by atoms with E-state index >= 15 is 0 Å². The Balaban J connectivity index is 1.78. The number of halogens is 1. The molecule has 2 aromatic carbocycles. The van der Waals surface area contributed by atoms with Crippen LogP contribution in [0.3, 0.4) is 0 Å². The van der Waals surface area contributed by atoms with E-state index in [4.69, 9.17) is 4.74 Å². The van der Waals surface area contributed by atoms with Crippen LogP contribution in [-0.4, -0.2) is 12.5 Å². The van der Waals surface area contributed by atoms with E-state index in [0.29, 0.717) is 12.3 Å². The van der Waals surface area contributed by atoms with E-state index in [1.807, 2.05) is 55.5 Å². The predicted molar refractivity (Wildman–Crippen MR) is 87.7 cm³/mol. The van der Waals surface area contributed by atoms with Crippen molar-refractivity contribution in [2.45, 2.75) is 13.5 Å².